The molecule has 0 bridgehead atoms. The quantitative estimate of drug-likeness (QED) is 0.584. The highest BCUT2D eigenvalue weighted by Gasteiger charge is 2.28. The summed E-state index contributed by atoms with van der Waals surface area (Å²) in [4.78, 5) is 32.1. The van der Waals surface area contributed by atoms with Gasteiger partial charge in [-0.15, -0.1) is 0 Å². The number of likely N-dealkylation sites (tertiary alicyclic amines) is 1. The summed E-state index contributed by atoms with van der Waals surface area (Å²) in [5, 5.41) is 3.11. The van der Waals surface area contributed by atoms with Crippen LogP contribution >= 0.6 is 0 Å². The zero-order valence-corrected chi connectivity index (χ0v) is 20.7. The monoisotopic (exact) mass is 458 g/mol. The summed E-state index contributed by atoms with van der Waals surface area (Å²) in [6, 6.07) is 9.82. The number of rotatable bonds is 10. The Balaban J connectivity index is 1.43. The number of ether oxygens (including phenoxy) is 1. The lowest BCUT2D eigenvalue weighted by atomic mass is 10.0. The minimum Gasteiger partial charge on any atom is -0.374 e. The van der Waals surface area contributed by atoms with Crippen molar-refractivity contribution in [3.8, 4) is 0 Å². The van der Waals surface area contributed by atoms with Crippen LogP contribution in [0.25, 0.3) is 0 Å². The second kappa shape index (κ2) is 13.1. The predicted molar refractivity (Wildman–Crippen MR) is 131 cm³/mol. The highest BCUT2D eigenvalue weighted by atomic mass is 16.5. The van der Waals surface area contributed by atoms with Gasteiger partial charge in [0.25, 0.3) is 5.91 Å². The molecular weight excluding hydrogens is 416 g/mol. The maximum Gasteiger partial charge on any atom is 0.253 e. The normalized spacial score (nSPS) is 20.4. The first-order valence-corrected chi connectivity index (χ1v) is 12.6. The summed E-state index contributed by atoms with van der Waals surface area (Å²) < 4.78 is 5.87. The highest BCUT2D eigenvalue weighted by molar-refractivity contribution is 5.94. The number of nitrogens with zero attached hydrogens (tertiary/aromatic N) is 3. The van der Waals surface area contributed by atoms with E-state index >= 15 is 0 Å². The Kier molecular flexibility index (Phi) is 10.2. The van der Waals surface area contributed by atoms with Crippen LogP contribution < -0.4 is 5.32 Å². The lowest BCUT2D eigenvalue weighted by Gasteiger charge is -2.38. The molecular formula is C26H42N4O3. The SMILES string of the molecule is CCCN(CC(=O)NCC1CN(CC(C)C)CCO1)C1CCN(C(=O)c2ccccc2)CC1. The van der Waals surface area contributed by atoms with Crippen LogP contribution in [0.2, 0.25) is 0 Å². The number of hydrogen-bond donors (Lipinski definition) is 1. The molecule has 3 rings (SSSR count). The van der Waals surface area contributed by atoms with E-state index in [9.17, 15) is 9.59 Å². The minimum absolute atomic E-state index is 0.0633. The number of amides is 2. The molecule has 7 nitrogen and oxygen atoms in total. The Morgan fingerprint density at radius 1 is 1.15 bits per heavy atom. The number of morpholine rings is 1. The molecule has 2 amide bonds. The van der Waals surface area contributed by atoms with Gasteiger partial charge in [0.2, 0.25) is 5.91 Å². The fourth-order valence-electron chi connectivity index (χ4n) is 4.93. The van der Waals surface area contributed by atoms with E-state index in [0.29, 0.717) is 25.0 Å². The zero-order valence-electron chi connectivity index (χ0n) is 20.7. The van der Waals surface area contributed by atoms with Crippen molar-refractivity contribution in [1.82, 2.24) is 20.0 Å². The molecule has 1 aromatic rings. The summed E-state index contributed by atoms with van der Waals surface area (Å²) in [6.45, 7) is 13.6. The molecule has 1 atom stereocenters. The number of carbonyl (C=O) groups excluding carboxylic acids is 2. The van der Waals surface area contributed by atoms with Gasteiger partial charge in [0.15, 0.2) is 0 Å². The largest absolute Gasteiger partial charge is 0.374 e. The molecule has 0 spiro atoms. The Hall–Kier alpha value is -1.96. The average molecular weight is 459 g/mol. The van der Waals surface area contributed by atoms with Crippen LogP contribution in [0.5, 0.6) is 0 Å². The lowest BCUT2D eigenvalue weighted by molar-refractivity contribution is -0.124. The lowest BCUT2D eigenvalue weighted by Crippen LogP contribution is -2.51. The molecule has 7 heteroatoms. The number of hydrogen-bond acceptors (Lipinski definition) is 5. The van der Waals surface area contributed by atoms with Crippen LogP contribution in [0, 0.1) is 5.92 Å². The second-order valence-corrected chi connectivity index (χ2v) is 9.81. The molecule has 2 saturated heterocycles. The van der Waals surface area contributed by atoms with Crippen molar-refractivity contribution >= 4 is 11.8 Å². The molecule has 2 aliphatic rings. The standard InChI is InChI=1S/C26H42N4O3/c1-4-12-30(20-25(31)27-17-24-19-28(15-16-33-24)18-21(2)3)23-10-13-29(14-11-23)26(32)22-8-6-5-7-9-22/h5-9,21,23-24H,4,10-20H2,1-3H3,(H,27,31). The fraction of sp³-hybridized carbons (Fsp3) is 0.692. The third-order valence-electron chi connectivity index (χ3n) is 6.52. The van der Waals surface area contributed by atoms with Gasteiger partial charge < -0.3 is 15.0 Å². The van der Waals surface area contributed by atoms with E-state index in [0.717, 1.165) is 70.7 Å². The molecule has 33 heavy (non-hydrogen) atoms. The Morgan fingerprint density at radius 2 is 1.88 bits per heavy atom. The van der Waals surface area contributed by atoms with E-state index in [1.165, 1.54) is 0 Å². The van der Waals surface area contributed by atoms with Crippen LogP contribution in [0.1, 0.15) is 50.4 Å². The van der Waals surface area contributed by atoms with Gasteiger partial charge in [-0.1, -0.05) is 39.0 Å². The maximum absolute atomic E-state index is 12.7. The van der Waals surface area contributed by atoms with Crippen molar-refractivity contribution in [1.29, 1.82) is 0 Å². The first-order valence-electron chi connectivity index (χ1n) is 12.6. The van der Waals surface area contributed by atoms with Crippen LogP contribution in [0.3, 0.4) is 0 Å². The number of carbonyl (C=O) groups is 2. The van der Waals surface area contributed by atoms with Crippen molar-refractivity contribution in [2.45, 2.75) is 52.2 Å². The molecule has 2 fully saturated rings. The van der Waals surface area contributed by atoms with Gasteiger partial charge in [-0.05, 0) is 43.9 Å². The topological polar surface area (TPSA) is 65.1 Å². The van der Waals surface area contributed by atoms with Gasteiger partial charge in [-0.2, -0.15) is 0 Å². The Morgan fingerprint density at radius 3 is 2.55 bits per heavy atom. The van der Waals surface area contributed by atoms with E-state index in [1.807, 2.05) is 35.2 Å². The predicted octanol–water partition coefficient (Wildman–Crippen LogP) is 2.48. The zero-order chi connectivity index (χ0) is 23.6. The molecule has 184 valence electrons. The first-order chi connectivity index (χ1) is 16.0. The summed E-state index contributed by atoms with van der Waals surface area (Å²) in [5.74, 6) is 0.805. The van der Waals surface area contributed by atoms with Crippen molar-refractivity contribution in [2.24, 2.45) is 5.92 Å². The minimum atomic E-state index is 0.0633. The summed E-state index contributed by atoms with van der Waals surface area (Å²) in [5.41, 5.74) is 0.748. The third-order valence-corrected chi connectivity index (χ3v) is 6.52. The average Bonchev–Trinajstić information content (AvgIpc) is 2.82. The molecule has 2 heterocycles. The van der Waals surface area contributed by atoms with Crippen molar-refractivity contribution in [2.75, 3.05) is 59.0 Å². The van der Waals surface area contributed by atoms with Crippen LogP contribution in [-0.4, -0.2) is 97.6 Å². The fourth-order valence-corrected chi connectivity index (χ4v) is 4.93. The van der Waals surface area contributed by atoms with Gasteiger partial charge in [-0.3, -0.25) is 19.4 Å². The molecule has 2 aliphatic heterocycles. The summed E-state index contributed by atoms with van der Waals surface area (Å²) in [7, 11) is 0. The van der Waals surface area contributed by atoms with Crippen molar-refractivity contribution in [3.63, 3.8) is 0 Å². The Labute approximate surface area is 199 Å². The van der Waals surface area contributed by atoms with E-state index in [-0.39, 0.29) is 17.9 Å². The number of nitrogens with one attached hydrogen (secondary N) is 1. The number of benzene rings is 1. The van der Waals surface area contributed by atoms with E-state index in [2.05, 4.69) is 35.9 Å². The summed E-state index contributed by atoms with van der Waals surface area (Å²) in [6.07, 6.45) is 2.88. The van der Waals surface area contributed by atoms with Crippen LogP contribution in [0.4, 0.5) is 0 Å². The van der Waals surface area contributed by atoms with Gasteiger partial charge in [-0.25, -0.2) is 0 Å². The molecule has 0 saturated carbocycles. The first kappa shape index (κ1) is 25.7. The molecule has 1 unspecified atom stereocenters. The molecule has 1 N–H and O–H groups in total. The maximum atomic E-state index is 12.7. The molecule has 1 aromatic carbocycles. The third kappa shape index (κ3) is 8.09. The van der Waals surface area contributed by atoms with Gasteiger partial charge in [0.05, 0.1) is 19.3 Å². The van der Waals surface area contributed by atoms with E-state index in [4.69, 9.17) is 4.74 Å². The molecule has 0 aromatic heterocycles. The van der Waals surface area contributed by atoms with Gasteiger partial charge in [0.1, 0.15) is 0 Å². The molecule has 0 radical (unpaired) electrons. The Bertz CT molecular complexity index is 734. The smallest absolute Gasteiger partial charge is 0.253 e. The van der Waals surface area contributed by atoms with Gasteiger partial charge >= 0.3 is 0 Å². The van der Waals surface area contributed by atoms with Gasteiger partial charge in [0, 0.05) is 50.9 Å². The van der Waals surface area contributed by atoms with E-state index in [1.54, 1.807) is 0 Å². The van der Waals surface area contributed by atoms with Crippen molar-refractivity contribution in [3.05, 3.63) is 35.9 Å². The van der Waals surface area contributed by atoms with E-state index < -0.39 is 0 Å². The molecule has 0 aliphatic carbocycles. The number of piperidine rings is 1. The van der Waals surface area contributed by atoms with Crippen LogP contribution in [0.15, 0.2) is 30.3 Å². The highest BCUT2D eigenvalue weighted by Crippen LogP contribution is 2.19. The van der Waals surface area contributed by atoms with Crippen molar-refractivity contribution < 1.29 is 14.3 Å². The summed E-state index contributed by atoms with van der Waals surface area (Å²) >= 11 is 0. The van der Waals surface area contributed by atoms with Crippen LogP contribution in [-0.2, 0) is 9.53 Å². The second-order valence-electron chi connectivity index (χ2n) is 9.81.